The fraction of sp³-hybridized carbons (Fsp3) is 0.278. The van der Waals surface area contributed by atoms with Gasteiger partial charge in [0.2, 0.25) is 0 Å². The molecule has 24 heavy (non-hydrogen) atoms. The van der Waals surface area contributed by atoms with Gasteiger partial charge in [0.15, 0.2) is 5.96 Å². The van der Waals surface area contributed by atoms with Gasteiger partial charge in [0.1, 0.15) is 17.7 Å². The van der Waals surface area contributed by atoms with Crippen molar-refractivity contribution in [2.24, 2.45) is 10.7 Å². The largest absolute Gasteiger partial charge is 0.488 e. The fourth-order valence-corrected chi connectivity index (χ4v) is 2.09. The van der Waals surface area contributed by atoms with E-state index in [-0.39, 0.29) is 35.9 Å². The summed E-state index contributed by atoms with van der Waals surface area (Å²) in [5.74, 6) is 0.510. The second kappa shape index (κ2) is 10.1. The lowest BCUT2D eigenvalue weighted by molar-refractivity contribution is 0.205. The molecule has 2 aromatic rings. The highest BCUT2D eigenvalue weighted by atomic mass is 127. The molecular weight excluding hydrogens is 420 g/mol. The van der Waals surface area contributed by atoms with Crippen molar-refractivity contribution in [3.8, 4) is 5.75 Å². The van der Waals surface area contributed by atoms with Crippen LogP contribution >= 0.6 is 24.0 Å². The summed E-state index contributed by atoms with van der Waals surface area (Å²) in [6.07, 6.45) is 0.590. The number of benzene rings is 2. The number of hydrogen-bond acceptors (Lipinski definition) is 2. The van der Waals surface area contributed by atoms with E-state index in [1.165, 1.54) is 12.1 Å². The Labute approximate surface area is 159 Å². The SMILES string of the molecule is CCC(CN=C(N)Nc1cccc(C)c1)Oc1cccc(F)c1.I. The lowest BCUT2D eigenvalue weighted by Gasteiger charge is -2.16. The Morgan fingerprint density at radius 3 is 2.67 bits per heavy atom. The maximum absolute atomic E-state index is 13.2. The van der Waals surface area contributed by atoms with E-state index in [9.17, 15) is 4.39 Å². The molecule has 0 amide bonds. The summed E-state index contributed by atoms with van der Waals surface area (Å²) < 4.78 is 18.9. The van der Waals surface area contributed by atoms with Crippen LogP contribution in [0.25, 0.3) is 0 Å². The molecular formula is C18H23FIN3O. The monoisotopic (exact) mass is 443 g/mol. The lowest BCUT2D eigenvalue weighted by atomic mass is 10.2. The van der Waals surface area contributed by atoms with E-state index in [0.29, 0.717) is 18.3 Å². The third-order valence-corrected chi connectivity index (χ3v) is 3.31. The van der Waals surface area contributed by atoms with Crippen LogP contribution < -0.4 is 15.8 Å². The summed E-state index contributed by atoms with van der Waals surface area (Å²) in [5, 5.41) is 3.05. The van der Waals surface area contributed by atoms with Gasteiger partial charge in [-0.1, -0.05) is 25.1 Å². The van der Waals surface area contributed by atoms with Crippen LogP contribution in [0.4, 0.5) is 10.1 Å². The third-order valence-electron chi connectivity index (χ3n) is 3.31. The van der Waals surface area contributed by atoms with Gasteiger partial charge < -0.3 is 15.8 Å². The average molecular weight is 443 g/mol. The molecule has 0 spiro atoms. The molecule has 130 valence electrons. The molecule has 0 radical (unpaired) electrons. The van der Waals surface area contributed by atoms with E-state index in [4.69, 9.17) is 10.5 Å². The van der Waals surface area contributed by atoms with E-state index >= 15 is 0 Å². The minimum absolute atomic E-state index is 0. The van der Waals surface area contributed by atoms with Crippen molar-refractivity contribution >= 4 is 35.6 Å². The van der Waals surface area contributed by atoms with Crippen molar-refractivity contribution in [2.45, 2.75) is 26.4 Å². The molecule has 0 aliphatic heterocycles. The number of guanidine groups is 1. The highest BCUT2D eigenvalue weighted by Gasteiger charge is 2.08. The molecule has 1 unspecified atom stereocenters. The van der Waals surface area contributed by atoms with Crippen LogP contribution in [0.1, 0.15) is 18.9 Å². The summed E-state index contributed by atoms with van der Waals surface area (Å²) in [6.45, 7) is 4.40. The predicted molar refractivity (Wildman–Crippen MR) is 108 cm³/mol. The van der Waals surface area contributed by atoms with Gasteiger partial charge in [0.25, 0.3) is 0 Å². The molecule has 2 rings (SSSR count). The third kappa shape index (κ3) is 6.74. The first kappa shape index (κ1) is 20.2. The van der Waals surface area contributed by atoms with E-state index in [0.717, 1.165) is 17.7 Å². The van der Waals surface area contributed by atoms with Crippen molar-refractivity contribution in [3.05, 3.63) is 59.9 Å². The van der Waals surface area contributed by atoms with Crippen LogP contribution in [0.2, 0.25) is 0 Å². The Hall–Kier alpha value is -1.83. The molecule has 1 atom stereocenters. The van der Waals surface area contributed by atoms with Crippen molar-refractivity contribution in [2.75, 3.05) is 11.9 Å². The van der Waals surface area contributed by atoms with Crippen LogP contribution in [-0.2, 0) is 0 Å². The van der Waals surface area contributed by atoms with Gasteiger partial charge in [-0.05, 0) is 43.2 Å². The number of aryl methyl sites for hydroxylation is 1. The van der Waals surface area contributed by atoms with Gasteiger partial charge in [-0.25, -0.2) is 9.38 Å². The molecule has 0 fully saturated rings. The van der Waals surface area contributed by atoms with Crippen molar-refractivity contribution in [1.29, 1.82) is 0 Å². The van der Waals surface area contributed by atoms with Gasteiger partial charge in [-0.15, -0.1) is 24.0 Å². The van der Waals surface area contributed by atoms with Crippen LogP contribution in [-0.4, -0.2) is 18.6 Å². The summed E-state index contributed by atoms with van der Waals surface area (Å²) in [7, 11) is 0. The molecule has 0 heterocycles. The number of halogens is 2. The smallest absolute Gasteiger partial charge is 0.193 e. The standard InChI is InChI=1S/C18H22FN3O.HI/c1-3-16(23-17-9-5-7-14(19)11-17)12-21-18(20)22-15-8-4-6-13(2)10-15;/h4-11,16H,3,12H2,1-2H3,(H3,20,21,22);1H. The quantitative estimate of drug-likeness (QED) is 0.397. The fourth-order valence-electron chi connectivity index (χ4n) is 2.09. The summed E-state index contributed by atoms with van der Waals surface area (Å²) in [5.41, 5.74) is 7.94. The molecule has 0 saturated heterocycles. The first-order valence-corrected chi connectivity index (χ1v) is 7.62. The highest BCUT2D eigenvalue weighted by molar-refractivity contribution is 14.0. The second-order valence-electron chi connectivity index (χ2n) is 5.33. The number of anilines is 1. The predicted octanol–water partition coefficient (Wildman–Crippen LogP) is 4.34. The molecule has 0 saturated carbocycles. The molecule has 0 aliphatic carbocycles. The minimum Gasteiger partial charge on any atom is -0.488 e. The van der Waals surface area contributed by atoms with Gasteiger partial charge in [0.05, 0.1) is 6.54 Å². The Balaban J connectivity index is 0.00000288. The van der Waals surface area contributed by atoms with Crippen LogP contribution in [0.3, 0.4) is 0 Å². The molecule has 0 bridgehead atoms. The summed E-state index contributed by atoms with van der Waals surface area (Å²) in [6, 6.07) is 14.0. The molecule has 6 heteroatoms. The zero-order chi connectivity index (χ0) is 16.7. The molecule has 4 nitrogen and oxygen atoms in total. The lowest BCUT2D eigenvalue weighted by Crippen LogP contribution is -2.26. The minimum atomic E-state index is -0.318. The Morgan fingerprint density at radius 2 is 2.00 bits per heavy atom. The second-order valence-corrected chi connectivity index (χ2v) is 5.33. The van der Waals surface area contributed by atoms with E-state index in [1.54, 1.807) is 12.1 Å². The number of nitrogens with zero attached hydrogens (tertiary/aromatic N) is 1. The maximum Gasteiger partial charge on any atom is 0.193 e. The molecule has 0 aliphatic rings. The van der Waals surface area contributed by atoms with Crippen molar-refractivity contribution in [3.63, 3.8) is 0 Å². The van der Waals surface area contributed by atoms with Crippen molar-refractivity contribution < 1.29 is 9.13 Å². The zero-order valence-electron chi connectivity index (χ0n) is 13.8. The van der Waals surface area contributed by atoms with E-state index < -0.39 is 0 Å². The van der Waals surface area contributed by atoms with Crippen LogP contribution in [0.15, 0.2) is 53.5 Å². The number of hydrogen-bond donors (Lipinski definition) is 2. The van der Waals surface area contributed by atoms with E-state index in [1.807, 2.05) is 38.1 Å². The summed E-state index contributed by atoms with van der Waals surface area (Å²) >= 11 is 0. The topological polar surface area (TPSA) is 59.6 Å². The Morgan fingerprint density at radius 1 is 1.25 bits per heavy atom. The highest BCUT2D eigenvalue weighted by Crippen LogP contribution is 2.15. The van der Waals surface area contributed by atoms with Crippen molar-refractivity contribution in [1.82, 2.24) is 0 Å². The van der Waals surface area contributed by atoms with Gasteiger partial charge >= 0.3 is 0 Å². The first-order chi connectivity index (χ1) is 11.1. The summed E-state index contributed by atoms with van der Waals surface area (Å²) in [4.78, 5) is 4.30. The number of aliphatic imine (C=N–C) groups is 1. The number of rotatable bonds is 6. The Bertz CT molecular complexity index is 679. The number of nitrogens with one attached hydrogen (secondary N) is 1. The van der Waals surface area contributed by atoms with Gasteiger partial charge in [-0.2, -0.15) is 0 Å². The zero-order valence-corrected chi connectivity index (χ0v) is 16.2. The Kier molecular flexibility index (Phi) is 8.53. The van der Waals surface area contributed by atoms with Crippen LogP contribution in [0, 0.1) is 12.7 Å². The van der Waals surface area contributed by atoms with E-state index in [2.05, 4.69) is 10.3 Å². The number of ether oxygens (including phenoxy) is 1. The molecule has 2 aromatic carbocycles. The average Bonchev–Trinajstić information content (AvgIpc) is 2.51. The number of nitrogens with two attached hydrogens (primary N) is 1. The van der Waals surface area contributed by atoms with Gasteiger partial charge in [0, 0.05) is 11.8 Å². The molecule has 0 aromatic heterocycles. The molecule has 3 N–H and O–H groups in total. The first-order valence-electron chi connectivity index (χ1n) is 7.62. The maximum atomic E-state index is 13.2. The van der Waals surface area contributed by atoms with Gasteiger partial charge in [-0.3, -0.25) is 0 Å². The van der Waals surface area contributed by atoms with Crippen LogP contribution in [0.5, 0.6) is 5.75 Å². The normalized spacial score (nSPS) is 12.2.